The molecule has 136 valence electrons. The van der Waals surface area contributed by atoms with Crippen LogP contribution in [0.2, 0.25) is 0 Å². The molecule has 1 unspecified atom stereocenters. The summed E-state index contributed by atoms with van der Waals surface area (Å²) < 4.78 is 0. The van der Waals surface area contributed by atoms with Crippen molar-refractivity contribution >= 4 is 12.1 Å². The standard InChI is InChI=1S/C21H28O4/c1-19-9-12(11-22)16(23)8-13(19)4-5-14-15-6-7-21(3,25)20(15,2)10-17(24)18(14)19/h8-9,11,14-15,17-18,24-25H,4-7,10H2,1-3H3/t14-,15-,17+,18+,19-,20-,21?/m0/s1. The van der Waals surface area contributed by atoms with Gasteiger partial charge >= 0.3 is 0 Å². The number of fused-ring (bicyclic) bond motifs is 5. The molecule has 0 aromatic heterocycles. The fourth-order valence-corrected chi connectivity index (χ4v) is 6.77. The highest BCUT2D eigenvalue weighted by molar-refractivity contribution is 6.18. The molecule has 3 fully saturated rings. The summed E-state index contributed by atoms with van der Waals surface area (Å²) in [5.74, 6) is 0.476. The lowest BCUT2D eigenvalue weighted by atomic mass is 9.46. The van der Waals surface area contributed by atoms with Crippen LogP contribution in [-0.4, -0.2) is 34.0 Å². The Morgan fingerprint density at radius 2 is 1.96 bits per heavy atom. The van der Waals surface area contributed by atoms with Gasteiger partial charge in [0.25, 0.3) is 0 Å². The van der Waals surface area contributed by atoms with E-state index in [0.717, 1.165) is 31.3 Å². The zero-order valence-corrected chi connectivity index (χ0v) is 15.3. The summed E-state index contributed by atoms with van der Waals surface area (Å²) >= 11 is 0. The molecule has 7 atom stereocenters. The van der Waals surface area contributed by atoms with Crippen LogP contribution in [0.4, 0.5) is 0 Å². The second-order valence-electron chi connectivity index (χ2n) is 9.37. The summed E-state index contributed by atoms with van der Waals surface area (Å²) in [5, 5.41) is 22.1. The van der Waals surface area contributed by atoms with Crippen molar-refractivity contribution in [2.24, 2.45) is 28.6 Å². The van der Waals surface area contributed by atoms with Gasteiger partial charge in [0.2, 0.25) is 0 Å². The summed E-state index contributed by atoms with van der Waals surface area (Å²) in [4.78, 5) is 23.4. The molecule has 0 saturated heterocycles. The molecule has 4 rings (SSSR count). The number of hydrogen-bond donors (Lipinski definition) is 2. The fourth-order valence-electron chi connectivity index (χ4n) is 6.77. The number of allylic oxidation sites excluding steroid dienone is 4. The highest BCUT2D eigenvalue weighted by Gasteiger charge is 2.64. The quantitative estimate of drug-likeness (QED) is 0.566. The molecule has 0 spiro atoms. The van der Waals surface area contributed by atoms with Crippen LogP contribution in [-0.2, 0) is 9.59 Å². The maximum absolute atomic E-state index is 12.1. The topological polar surface area (TPSA) is 74.6 Å². The van der Waals surface area contributed by atoms with Gasteiger partial charge in [0.05, 0.1) is 17.3 Å². The van der Waals surface area contributed by atoms with Crippen molar-refractivity contribution in [2.45, 2.75) is 64.6 Å². The fraction of sp³-hybridized carbons (Fsp3) is 0.714. The van der Waals surface area contributed by atoms with Crippen LogP contribution in [0.5, 0.6) is 0 Å². The Hall–Kier alpha value is -1.26. The average molecular weight is 344 g/mol. The number of aliphatic hydroxyl groups excluding tert-OH is 1. The van der Waals surface area contributed by atoms with Crippen molar-refractivity contribution in [2.75, 3.05) is 0 Å². The molecule has 4 aliphatic carbocycles. The van der Waals surface area contributed by atoms with E-state index < -0.39 is 17.1 Å². The Kier molecular flexibility index (Phi) is 3.53. The van der Waals surface area contributed by atoms with Crippen LogP contribution in [0.25, 0.3) is 0 Å². The molecule has 0 aromatic carbocycles. The number of carbonyl (C=O) groups excluding carboxylic acids is 2. The number of rotatable bonds is 1. The molecule has 0 aliphatic heterocycles. The van der Waals surface area contributed by atoms with Gasteiger partial charge in [-0.3, -0.25) is 9.59 Å². The molecular weight excluding hydrogens is 316 g/mol. The molecule has 0 heterocycles. The minimum atomic E-state index is -0.743. The predicted octanol–water partition coefficient (Wildman–Crippen LogP) is 2.59. The van der Waals surface area contributed by atoms with E-state index >= 15 is 0 Å². The SMILES string of the molecule is CC1(O)CC[C@H]2[C@@H]3CCC4=CC(=O)C(C=O)=C[C@]4(C)[C@H]3[C@H](O)C[C@@]21C. The first-order chi connectivity index (χ1) is 11.6. The largest absolute Gasteiger partial charge is 0.393 e. The summed E-state index contributed by atoms with van der Waals surface area (Å²) in [6.45, 7) is 6.12. The Morgan fingerprint density at radius 1 is 1.24 bits per heavy atom. The van der Waals surface area contributed by atoms with Crippen molar-refractivity contribution in [3.05, 3.63) is 23.3 Å². The van der Waals surface area contributed by atoms with E-state index in [0.29, 0.717) is 24.5 Å². The molecule has 0 bridgehead atoms. The first-order valence-electron chi connectivity index (χ1n) is 9.48. The Labute approximate surface area is 149 Å². The van der Waals surface area contributed by atoms with Crippen molar-refractivity contribution in [1.29, 1.82) is 0 Å². The van der Waals surface area contributed by atoms with Gasteiger partial charge in [0, 0.05) is 16.7 Å². The monoisotopic (exact) mass is 344 g/mol. The lowest BCUT2D eigenvalue weighted by Gasteiger charge is -2.59. The van der Waals surface area contributed by atoms with Crippen molar-refractivity contribution in [1.82, 2.24) is 0 Å². The summed E-state index contributed by atoms with van der Waals surface area (Å²) in [7, 11) is 0. The molecule has 4 heteroatoms. The molecule has 25 heavy (non-hydrogen) atoms. The number of carbonyl (C=O) groups is 2. The summed E-state index contributed by atoms with van der Waals surface area (Å²) in [6, 6.07) is 0. The van der Waals surface area contributed by atoms with Crippen molar-refractivity contribution in [3.63, 3.8) is 0 Å². The number of aldehydes is 1. The van der Waals surface area contributed by atoms with E-state index in [4.69, 9.17) is 0 Å². The Balaban J connectivity index is 1.79. The van der Waals surface area contributed by atoms with E-state index in [-0.39, 0.29) is 22.7 Å². The molecule has 0 amide bonds. The third-order valence-corrected chi connectivity index (χ3v) is 8.32. The third-order valence-electron chi connectivity index (χ3n) is 8.32. The van der Waals surface area contributed by atoms with Gasteiger partial charge in [0.15, 0.2) is 12.1 Å². The first kappa shape index (κ1) is 17.2. The van der Waals surface area contributed by atoms with Crippen LogP contribution in [0, 0.1) is 28.6 Å². The van der Waals surface area contributed by atoms with Gasteiger partial charge in [-0.1, -0.05) is 25.5 Å². The van der Waals surface area contributed by atoms with Crippen LogP contribution in [0.1, 0.15) is 52.9 Å². The summed E-state index contributed by atoms with van der Waals surface area (Å²) in [6.07, 6.45) is 7.65. The normalized spacial score (nSPS) is 51.8. The second kappa shape index (κ2) is 5.14. The van der Waals surface area contributed by atoms with Crippen molar-refractivity contribution < 1.29 is 19.8 Å². The van der Waals surface area contributed by atoms with Crippen LogP contribution in [0.3, 0.4) is 0 Å². The van der Waals surface area contributed by atoms with Crippen LogP contribution >= 0.6 is 0 Å². The van der Waals surface area contributed by atoms with Gasteiger partial charge in [0.1, 0.15) is 0 Å². The van der Waals surface area contributed by atoms with Gasteiger partial charge in [-0.15, -0.1) is 0 Å². The summed E-state index contributed by atoms with van der Waals surface area (Å²) in [5.41, 5.74) is -0.190. The van der Waals surface area contributed by atoms with E-state index in [2.05, 4.69) is 13.8 Å². The van der Waals surface area contributed by atoms with E-state index in [9.17, 15) is 19.8 Å². The maximum Gasteiger partial charge on any atom is 0.188 e. The maximum atomic E-state index is 12.1. The lowest BCUT2D eigenvalue weighted by Crippen LogP contribution is -2.58. The molecule has 2 N–H and O–H groups in total. The van der Waals surface area contributed by atoms with Crippen LogP contribution < -0.4 is 0 Å². The van der Waals surface area contributed by atoms with Gasteiger partial charge in [-0.2, -0.15) is 0 Å². The molecule has 3 saturated carbocycles. The smallest absolute Gasteiger partial charge is 0.188 e. The minimum Gasteiger partial charge on any atom is -0.393 e. The Morgan fingerprint density at radius 3 is 2.64 bits per heavy atom. The molecule has 0 aromatic rings. The zero-order chi connectivity index (χ0) is 18.2. The average Bonchev–Trinajstić information content (AvgIpc) is 2.76. The highest BCUT2D eigenvalue weighted by atomic mass is 16.3. The van der Waals surface area contributed by atoms with Gasteiger partial charge < -0.3 is 10.2 Å². The van der Waals surface area contributed by atoms with Gasteiger partial charge in [-0.25, -0.2) is 0 Å². The highest BCUT2D eigenvalue weighted by Crippen LogP contribution is 2.66. The number of aliphatic hydroxyl groups is 2. The third kappa shape index (κ3) is 2.07. The van der Waals surface area contributed by atoms with Crippen molar-refractivity contribution in [3.8, 4) is 0 Å². The Bertz CT molecular complexity index is 703. The lowest BCUT2D eigenvalue weighted by molar-refractivity contribution is -0.158. The zero-order valence-electron chi connectivity index (χ0n) is 15.3. The number of hydrogen-bond acceptors (Lipinski definition) is 4. The molecular formula is C21H28O4. The minimum absolute atomic E-state index is 0.00234. The van der Waals surface area contributed by atoms with E-state index in [1.54, 1.807) is 6.08 Å². The molecule has 4 aliphatic rings. The van der Waals surface area contributed by atoms with E-state index in [1.165, 1.54) is 0 Å². The molecule has 0 radical (unpaired) electrons. The predicted molar refractivity (Wildman–Crippen MR) is 93.6 cm³/mol. The second-order valence-corrected chi connectivity index (χ2v) is 9.37. The van der Waals surface area contributed by atoms with E-state index in [1.807, 2.05) is 13.0 Å². The molecule has 4 nitrogen and oxygen atoms in total. The van der Waals surface area contributed by atoms with Gasteiger partial charge in [-0.05, 0) is 56.9 Å². The van der Waals surface area contributed by atoms with Crippen LogP contribution in [0.15, 0.2) is 23.3 Å². The first-order valence-corrected chi connectivity index (χ1v) is 9.48. The number of ketones is 1.